The van der Waals surface area contributed by atoms with E-state index in [-0.39, 0.29) is 29.6 Å². The topological polar surface area (TPSA) is 72.9 Å². The molecule has 7 heteroatoms. The molecule has 1 unspecified atom stereocenters. The molecule has 0 N–H and O–H groups in total. The molecule has 0 amide bonds. The lowest BCUT2D eigenvalue weighted by Gasteiger charge is -2.42. The maximum atomic E-state index is 13.4. The Morgan fingerprint density at radius 3 is 2.30 bits per heavy atom. The number of rotatable bonds is 7. The Bertz CT molecular complexity index is 867. The number of likely N-dealkylation sites (tertiary alicyclic amines) is 1. The molecular formula is C23H33NO5S. The van der Waals surface area contributed by atoms with Crippen molar-refractivity contribution in [2.24, 2.45) is 5.92 Å². The van der Waals surface area contributed by atoms with E-state index >= 15 is 0 Å². The summed E-state index contributed by atoms with van der Waals surface area (Å²) in [6, 6.07) is 6.16. The van der Waals surface area contributed by atoms with Crippen LogP contribution in [-0.2, 0) is 19.4 Å². The second-order valence-corrected chi connectivity index (χ2v) is 10.5. The SMILES string of the molecule is CC#CCOc1ccc(S(=O)(=O)C(C(=O)OCC)C2CCN(C(C)(C)C)CC2)cc1. The first-order valence-electron chi connectivity index (χ1n) is 10.4. The largest absolute Gasteiger partial charge is 0.481 e. The summed E-state index contributed by atoms with van der Waals surface area (Å²) in [5, 5.41) is -1.20. The molecule has 1 aliphatic rings. The third-order valence-electron chi connectivity index (χ3n) is 5.41. The van der Waals surface area contributed by atoms with E-state index in [1.807, 2.05) is 0 Å². The Morgan fingerprint density at radius 2 is 1.80 bits per heavy atom. The molecule has 1 atom stereocenters. The minimum absolute atomic E-state index is 0.0151. The van der Waals surface area contributed by atoms with Crippen LogP contribution >= 0.6 is 0 Å². The van der Waals surface area contributed by atoms with E-state index in [1.165, 1.54) is 12.1 Å². The summed E-state index contributed by atoms with van der Waals surface area (Å²) in [7, 11) is -3.89. The molecule has 1 fully saturated rings. The predicted molar refractivity (Wildman–Crippen MR) is 117 cm³/mol. The van der Waals surface area contributed by atoms with Gasteiger partial charge in [-0.1, -0.05) is 5.92 Å². The molecule has 30 heavy (non-hydrogen) atoms. The van der Waals surface area contributed by atoms with Crippen LogP contribution in [0.3, 0.4) is 0 Å². The van der Waals surface area contributed by atoms with Crippen molar-refractivity contribution in [2.45, 2.75) is 63.1 Å². The average molecular weight is 436 g/mol. The van der Waals surface area contributed by atoms with Crippen molar-refractivity contribution in [2.75, 3.05) is 26.3 Å². The van der Waals surface area contributed by atoms with Crippen LogP contribution in [0, 0.1) is 17.8 Å². The van der Waals surface area contributed by atoms with E-state index < -0.39 is 21.1 Å². The zero-order valence-corrected chi connectivity index (χ0v) is 19.4. The highest BCUT2D eigenvalue weighted by Crippen LogP contribution is 2.32. The normalized spacial score (nSPS) is 17.0. The molecule has 0 radical (unpaired) electrons. The maximum absolute atomic E-state index is 13.4. The monoisotopic (exact) mass is 435 g/mol. The number of piperidine rings is 1. The van der Waals surface area contributed by atoms with Crippen molar-refractivity contribution in [1.82, 2.24) is 4.90 Å². The molecule has 0 spiro atoms. The Kier molecular flexibility index (Phi) is 8.34. The fourth-order valence-electron chi connectivity index (χ4n) is 3.73. The van der Waals surface area contributed by atoms with Gasteiger partial charge in [-0.15, -0.1) is 5.92 Å². The van der Waals surface area contributed by atoms with E-state index in [1.54, 1.807) is 26.0 Å². The van der Waals surface area contributed by atoms with Crippen molar-refractivity contribution < 1.29 is 22.7 Å². The zero-order valence-electron chi connectivity index (χ0n) is 18.6. The fraction of sp³-hybridized carbons (Fsp3) is 0.609. The van der Waals surface area contributed by atoms with Crippen LogP contribution in [0.1, 0.15) is 47.5 Å². The minimum atomic E-state index is -3.89. The molecule has 0 saturated carbocycles. The van der Waals surface area contributed by atoms with Crippen LogP contribution in [0.25, 0.3) is 0 Å². The van der Waals surface area contributed by atoms with Gasteiger partial charge in [-0.05, 0) is 90.7 Å². The molecule has 1 heterocycles. The smallest absolute Gasteiger partial charge is 0.324 e. The number of sulfone groups is 1. The van der Waals surface area contributed by atoms with Crippen LogP contribution in [0.5, 0.6) is 5.75 Å². The molecule has 0 aliphatic carbocycles. The lowest BCUT2D eigenvalue weighted by Crippen LogP contribution is -2.50. The number of hydrogen-bond acceptors (Lipinski definition) is 6. The summed E-state index contributed by atoms with van der Waals surface area (Å²) in [5.74, 6) is 5.12. The van der Waals surface area contributed by atoms with E-state index in [9.17, 15) is 13.2 Å². The van der Waals surface area contributed by atoms with Gasteiger partial charge >= 0.3 is 5.97 Å². The van der Waals surface area contributed by atoms with E-state index in [0.29, 0.717) is 18.6 Å². The molecule has 1 aromatic rings. The summed E-state index contributed by atoms with van der Waals surface area (Å²) >= 11 is 0. The van der Waals surface area contributed by atoms with Crippen molar-refractivity contribution in [3.8, 4) is 17.6 Å². The van der Waals surface area contributed by atoms with E-state index in [2.05, 4.69) is 37.5 Å². The fourth-order valence-corrected chi connectivity index (χ4v) is 5.64. The highest BCUT2D eigenvalue weighted by molar-refractivity contribution is 7.92. The van der Waals surface area contributed by atoms with Gasteiger partial charge in [-0.25, -0.2) is 8.42 Å². The molecule has 2 rings (SSSR count). The lowest BCUT2D eigenvalue weighted by molar-refractivity contribution is -0.144. The summed E-state index contributed by atoms with van der Waals surface area (Å²) in [5.41, 5.74) is 0.0151. The second kappa shape index (κ2) is 10.3. The van der Waals surface area contributed by atoms with Gasteiger partial charge in [0.15, 0.2) is 15.1 Å². The van der Waals surface area contributed by atoms with E-state index in [4.69, 9.17) is 9.47 Å². The Hall–Kier alpha value is -2.04. The quantitative estimate of drug-likeness (QED) is 0.483. The van der Waals surface area contributed by atoms with Crippen molar-refractivity contribution in [3.63, 3.8) is 0 Å². The van der Waals surface area contributed by atoms with Gasteiger partial charge < -0.3 is 9.47 Å². The standard InChI is InChI=1S/C23H33NO5S/c1-6-8-17-29-19-9-11-20(12-10-19)30(26,27)21(22(25)28-7-2)18-13-15-24(16-14-18)23(3,4)5/h9-12,18,21H,7,13-17H2,1-5H3. The molecule has 166 valence electrons. The molecule has 0 aromatic heterocycles. The third kappa shape index (κ3) is 5.99. The summed E-state index contributed by atoms with van der Waals surface area (Å²) in [6.45, 7) is 11.7. The van der Waals surface area contributed by atoms with Gasteiger partial charge in [0.25, 0.3) is 0 Å². The third-order valence-corrected chi connectivity index (χ3v) is 7.58. The number of carbonyl (C=O) groups is 1. The average Bonchev–Trinajstić information content (AvgIpc) is 2.68. The number of nitrogens with zero attached hydrogens (tertiary/aromatic N) is 1. The first kappa shape index (κ1) is 24.2. The molecule has 1 saturated heterocycles. The van der Waals surface area contributed by atoms with Crippen LogP contribution in [0.15, 0.2) is 29.2 Å². The summed E-state index contributed by atoms with van der Waals surface area (Å²) < 4.78 is 37.5. The zero-order chi connectivity index (χ0) is 22.4. The van der Waals surface area contributed by atoms with Crippen LogP contribution in [-0.4, -0.2) is 56.4 Å². The second-order valence-electron chi connectivity index (χ2n) is 8.40. The van der Waals surface area contributed by atoms with Gasteiger partial charge in [0.1, 0.15) is 12.4 Å². The number of ether oxygens (including phenoxy) is 2. The van der Waals surface area contributed by atoms with E-state index in [0.717, 1.165) is 13.1 Å². The van der Waals surface area contributed by atoms with Gasteiger partial charge in [0, 0.05) is 5.54 Å². The maximum Gasteiger partial charge on any atom is 0.324 e. The first-order valence-corrected chi connectivity index (χ1v) is 11.9. The highest BCUT2D eigenvalue weighted by Gasteiger charge is 2.43. The summed E-state index contributed by atoms with van der Waals surface area (Å²) in [4.78, 5) is 15.2. The van der Waals surface area contributed by atoms with Gasteiger partial charge in [-0.2, -0.15) is 0 Å². The molecule has 6 nitrogen and oxygen atoms in total. The Balaban J connectivity index is 2.25. The number of benzene rings is 1. The molecule has 0 bridgehead atoms. The van der Waals surface area contributed by atoms with Crippen molar-refractivity contribution in [1.29, 1.82) is 0 Å². The predicted octanol–water partition coefficient (Wildman–Crippen LogP) is 3.30. The van der Waals surface area contributed by atoms with Crippen LogP contribution < -0.4 is 4.74 Å². The molecular weight excluding hydrogens is 402 g/mol. The number of hydrogen-bond donors (Lipinski definition) is 0. The van der Waals surface area contributed by atoms with Crippen LogP contribution in [0.4, 0.5) is 0 Å². The van der Waals surface area contributed by atoms with Crippen molar-refractivity contribution >= 4 is 15.8 Å². The molecule has 1 aliphatic heterocycles. The Labute approximate surface area is 180 Å². The number of carbonyl (C=O) groups excluding carboxylic acids is 1. The Morgan fingerprint density at radius 1 is 1.20 bits per heavy atom. The van der Waals surface area contributed by atoms with Crippen molar-refractivity contribution in [3.05, 3.63) is 24.3 Å². The number of esters is 1. The summed E-state index contributed by atoms with van der Waals surface area (Å²) in [6.07, 6.45) is 1.27. The van der Waals surface area contributed by atoms with Gasteiger partial charge in [0.05, 0.1) is 11.5 Å². The molecule has 1 aromatic carbocycles. The van der Waals surface area contributed by atoms with Gasteiger partial charge in [-0.3, -0.25) is 9.69 Å². The first-order chi connectivity index (χ1) is 14.1. The highest BCUT2D eigenvalue weighted by atomic mass is 32.2. The van der Waals surface area contributed by atoms with Crippen LogP contribution in [0.2, 0.25) is 0 Å². The van der Waals surface area contributed by atoms with Gasteiger partial charge in [0.2, 0.25) is 0 Å². The lowest BCUT2D eigenvalue weighted by atomic mass is 9.90. The minimum Gasteiger partial charge on any atom is -0.481 e.